The zero-order valence-electron chi connectivity index (χ0n) is 15.7. The van der Waals surface area contributed by atoms with Gasteiger partial charge in [-0.1, -0.05) is 42.5 Å². The minimum Gasteiger partial charge on any atom is -0.346 e. The number of nitrogens with one attached hydrogen (secondary N) is 2. The summed E-state index contributed by atoms with van der Waals surface area (Å²) < 4.78 is 27.6. The highest BCUT2D eigenvalue weighted by atomic mass is 32.2. The number of hydrogen-bond acceptors (Lipinski definition) is 3. The van der Waals surface area contributed by atoms with Gasteiger partial charge < -0.3 is 5.32 Å². The molecular formula is C22H22N2O3S. The fourth-order valence-corrected chi connectivity index (χ4v) is 3.86. The van der Waals surface area contributed by atoms with E-state index in [4.69, 9.17) is 0 Å². The molecule has 1 atom stereocenters. The maximum absolute atomic E-state index is 12.5. The van der Waals surface area contributed by atoms with E-state index in [1.165, 1.54) is 24.3 Å². The quantitative estimate of drug-likeness (QED) is 0.655. The largest absolute Gasteiger partial charge is 0.346 e. The summed E-state index contributed by atoms with van der Waals surface area (Å²) >= 11 is 0. The van der Waals surface area contributed by atoms with E-state index in [0.717, 1.165) is 11.1 Å². The smallest absolute Gasteiger partial charge is 0.261 e. The van der Waals surface area contributed by atoms with Gasteiger partial charge >= 0.3 is 0 Å². The number of amides is 1. The Morgan fingerprint density at radius 1 is 0.893 bits per heavy atom. The normalized spacial score (nSPS) is 12.2. The molecule has 0 fully saturated rings. The Kier molecular flexibility index (Phi) is 5.80. The first-order valence-electron chi connectivity index (χ1n) is 8.90. The zero-order chi connectivity index (χ0) is 20.1. The number of benzene rings is 3. The van der Waals surface area contributed by atoms with E-state index in [1.54, 1.807) is 18.2 Å². The van der Waals surface area contributed by atoms with Crippen molar-refractivity contribution >= 4 is 21.6 Å². The van der Waals surface area contributed by atoms with E-state index in [1.807, 2.05) is 50.2 Å². The fraction of sp³-hybridized carbons (Fsp3) is 0.136. The minimum absolute atomic E-state index is 0.0988. The molecule has 144 valence electrons. The predicted octanol–water partition coefficient (Wildman–Crippen LogP) is 4.29. The minimum atomic E-state index is -3.72. The lowest BCUT2D eigenvalue weighted by Crippen LogP contribution is -2.26. The van der Waals surface area contributed by atoms with Gasteiger partial charge in [-0.2, -0.15) is 0 Å². The van der Waals surface area contributed by atoms with Crippen LogP contribution in [0.1, 0.15) is 34.5 Å². The van der Waals surface area contributed by atoms with Gasteiger partial charge in [-0.15, -0.1) is 0 Å². The molecule has 6 heteroatoms. The second-order valence-corrected chi connectivity index (χ2v) is 8.29. The monoisotopic (exact) mass is 394 g/mol. The summed E-state index contributed by atoms with van der Waals surface area (Å²) in [6.45, 7) is 3.79. The first kappa shape index (κ1) is 19.6. The Hall–Kier alpha value is -3.12. The van der Waals surface area contributed by atoms with Gasteiger partial charge in [0.25, 0.3) is 15.9 Å². The van der Waals surface area contributed by atoms with Crippen LogP contribution in [-0.4, -0.2) is 14.3 Å². The van der Waals surface area contributed by atoms with E-state index in [2.05, 4.69) is 10.0 Å². The Morgan fingerprint density at radius 3 is 2.21 bits per heavy atom. The summed E-state index contributed by atoms with van der Waals surface area (Å²) in [7, 11) is -3.72. The van der Waals surface area contributed by atoms with Crippen LogP contribution in [0.25, 0.3) is 0 Å². The van der Waals surface area contributed by atoms with Crippen molar-refractivity contribution in [3.8, 4) is 0 Å². The standard InChI is InChI=1S/C22H22N2O3S/c1-16-7-6-10-20(15-16)24-28(26,27)21-13-11-19(12-14-21)22(25)23-17(2)18-8-4-3-5-9-18/h3-15,17,24H,1-2H3,(H,23,25). The number of aryl methyl sites for hydroxylation is 1. The third-order valence-corrected chi connectivity index (χ3v) is 5.74. The van der Waals surface area contributed by atoms with Crippen molar-refractivity contribution in [3.05, 3.63) is 95.6 Å². The highest BCUT2D eigenvalue weighted by Gasteiger charge is 2.16. The number of carbonyl (C=O) groups excluding carboxylic acids is 1. The van der Waals surface area contributed by atoms with Gasteiger partial charge in [-0.05, 0) is 61.4 Å². The molecule has 3 aromatic rings. The predicted molar refractivity (Wildman–Crippen MR) is 111 cm³/mol. The van der Waals surface area contributed by atoms with Gasteiger partial charge in [-0.3, -0.25) is 9.52 Å². The third kappa shape index (κ3) is 4.78. The highest BCUT2D eigenvalue weighted by molar-refractivity contribution is 7.92. The number of carbonyl (C=O) groups is 1. The molecule has 0 bridgehead atoms. The second-order valence-electron chi connectivity index (χ2n) is 6.61. The maximum atomic E-state index is 12.5. The zero-order valence-corrected chi connectivity index (χ0v) is 16.5. The molecule has 0 spiro atoms. The van der Waals surface area contributed by atoms with Crippen LogP contribution in [0.3, 0.4) is 0 Å². The summed E-state index contributed by atoms with van der Waals surface area (Å²) in [4.78, 5) is 12.5. The molecule has 2 N–H and O–H groups in total. The lowest BCUT2D eigenvalue weighted by atomic mass is 10.1. The average molecular weight is 394 g/mol. The van der Waals surface area contributed by atoms with Crippen molar-refractivity contribution in [2.75, 3.05) is 4.72 Å². The molecule has 0 saturated carbocycles. The van der Waals surface area contributed by atoms with Crippen molar-refractivity contribution in [2.45, 2.75) is 24.8 Å². The van der Waals surface area contributed by atoms with E-state index < -0.39 is 10.0 Å². The Morgan fingerprint density at radius 2 is 1.57 bits per heavy atom. The van der Waals surface area contributed by atoms with Crippen molar-refractivity contribution in [3.63, 3.8) is 0 Å². The third-order valence-electron chi connectivity index (χ3n) is 4.34. The van der Waals surface area contributed by atoms with E-state index in [0.29, 0.717) is 11.3 Å². The second kappa shape index (κ2) is 8.27. The van der Waals surface area contributed by atoms with E-state index in [-0.39, 0.29) is 16.8 Å². The van der Waals surface area contributed by atoms with Crippen molar-refractivity contribution in [1.29, 1.82) is 0 Å². The van der Waals surface area contributed by atoms with E-state index in [9.17, 15) is 13.2 Å². The number of sulfonamides is 1. The molecule has 0 aromatic heterocycles. The molecule has 1 unspecified atom stereocenters. The van der Waals surface area contributed by atoms with Crippen molar-refractivity contribution in [2.24, 2.45) is 0 Å². The first-order chi connectivity index (χ1) is 13.3. The van der Waals surface area contributed by atoms with Crippen molar-refractivity contribution in [1.82, 2.24) is 5.32 Å². The molecule has 3 aromatic carbocycles. The fourth-order valence-electron chi connectivity index (χ4n) is 2.81. The molecule has 0 aliphatic carbocycles. The van der Waals surface area contributed by atoms with E-state index >= 15 is 0 Å². The molecule has 5 nitrogen and oxygen atoms in total. The summed E-state index contributed by atoms with van der Waals surface area (Å²) in [6.07, 6.45) is 0. The Balaban J connectivity index is 1.71. The van der Waals surface area contributed by atoms with Gasteiger partial charge in [0.05, 0.1) is 10.9 Å². The van der Waals surface area contributed by atoms with Crippen LogP contribution in [0, 0.1) is 6.92 Å². The summed E-state index contributed by atoms with van der Waals surface area (Å²) in [5.74, 6) is -0.257. The Bertz CT molecular complexity index is 1060. The first-order valence-corrected chi connectivity index (χ1v) is 10.4. The molecule has 3 rings (SSSR count). The van der Waals surface area contributed by atoms with Crippen LogP contribution in [0.4, 0.5) is 5.69 Å². The molecular weight excluding hydrogens is 372 g/mol. The lowest BCUT2D eigenvalue weighted by Gasteiger charge is -2.14. The number of anilines is 1. The van der Waals surface area contributed by atoms with Crippen molar-refractivity contribution < 1.29 is 13.2 Å². The van der Waals surface area contributed by atoms with Gasteiger partial charge in [-0.25, -0.2) is 8.42 Å². The maximum Gasteiger partial charge on any atom is 0.261 e. The topological polar surface area (TPSA) is 75.3 Å². The molecule has 0 saturated heterocycles. The van der Waals surface area contributed by atoms with Gasteiger partial charge in [0.2, 0.25) is 0 Å². The van der Waals surface area contributed by atoms with Gasteiger partial charge in [0.1, 0.15) is 0 Å². The summed E-state index contributed by atoms with van der Waals surface area (Å²) in [5, 5.41) is 2.91. The summed E-state index contributed by atoms with van der Waals surface area (Å²) in [5.41, 5.74) is 2.85. The van der Waals surface area contributed by atoms with Crippen LogP contribution in [0.5, 0.6) is 0 Å². The number of hydrogen-bond donors (Lipinski definition) is 2. The summed E-state index contributed by atoms with van der Waals surface area (Å²) in [6, 6.07) is 22.5. The molecule has 0 aliphatic heterocycles. The SMILES string of the molecule is Cc1cccc(NS(=O)(=O)c2ccc(C(=O)NC(C)c3ccccc3)cc2)c1. The van der Waals surface area contributed by atoms with Crippen LogP contribution >= 0.6 is 0 Å². The Labute approximate surface area is 165 Å². The van der Waals surface area contributed by atoms with Crippen LogP contribution in [0.15, 0.2) is 83.8 Å². The average Bonchev–Trinajstić information content (AvgIpc) is 2.68. The lowest BCUT2D eigenvalue weighted by molar-refractivity contribution is 0.0940. The molecule has 1 amide bonds. The molecule has 0 radical (unpaired) electrons. The van der Waals surface area contributed by atoms with Crippen LogP contribution in [-0.2, 0) is 10.0 Å². The van der Waals surface area contributed by atoms with Crippen LogP contribution < -0.4 is 10.0 Å². The van der Waals surface area contributed by atoms with Crippen LogP contribution in [0.2, 0.25) is 0 Å². The molecule has 0 heterocycles. The molecule has 0 aliphatic rings. The molecule has 28 heavy (non-hydrogen) atoms. The highest BCUT2D eigenvalue weighted by Crippen LogP contribution is 2.18. The van der Waals surface area contributed by atoms with Gasteiger partial charge in [0.15, 0.2) is 0 Å². The number of rotatable bonds is 6. The van der Waals surface area contributed by atoms with Gasteiger partial charge in [0, 0.05) is 11.3 Å².